The summed E-state index contributed by atoms with van der Waals surface area (Å²) in [6.07, 6.45) is 3.60. The van der Waals surface area contributed by atoms with Gasteiger partial charge in [-0.25, -0.2) is 4.39 Å². The van der Waals surface area contributed by atoms with Gasteiger partial charge >= 0.3 is 0 Å². The summed E-state index contributed by atoms with van der Waals surface area (Å²) in [7, 11) is 1.78. The number of rotatable bonds is 5. The van der Waals surface area contributed by atoms with E-state index in [1.807, 2.05) is 18.4 Å². The van der Waals surface area contributed by atoms with E-state index in [0.29, 0.717) is 6.54 Å². The second-order valence-electron chi connectivity index (χ2n) is 6.11. The first kappa shape index (κ1) is 22.0. The number of guanidine groups is 1. The highest BCUT2D eigenvalue weighted by Gasteiger charge is 2.20. The van der Waals surface area contributed by atoms with Crippen LogP contribution in [-0.2, 0) is 13.1 Å². The highest BCUT2D eigenvalue weighted by atomic mass is 127. The van der Waals surface area contributed by atoms with E-state index in [1.54, 1.807) is 31.1 Å². The van der Waals surface area contributed by atoms with Gasteiger partial charge in [0.2, 0.25) is 0 Å². The molecular formula is C18H25FIN5OS. The molecule has 0 aliphatic carbocycles. The monoisotopic (exact) mass is 505 g/mol. The number of hydrogen-bond acceptors (Lipinski definition) is 5. The molecule has 2 heterocycles. The molecule has 0 atom stereocenters. The predicted octanol–water partition coefficient (Wildman–Crippen LogP) is 3.05. The number of piperazine rings is 1. The Balaban J connectivity index is 0.00000261. The fourth-order valence-corrected chi connectivity index (χ4v) is 3.66. The number of thioether (sulfide) groups is 1. The lowest BCUT2D eigenvalue weighted by atomic mass is 10.2. The molecule has 1 aromatic carbocycles. The minimum absolute atomic E-state index is 0. The summed E-state index contributed by atoms with van der Waals surface area (Å²) in [6, 6.07) is 6.80. The third kappa shape index (κ3) is 6.08. The summed E-state index contributed by atoms with van der Waals surface area (Å²) in [5.41, 5.74) is 1.90. The maximum Gasteiger partial charge on any atom is 0.194 e. The van der Waals surface area contributed by atoms with Gasteiger partial charge in [-0.15, -0.1) is 35.7 Å². The van der Waals surface area contributed by atoms with E-state index in [0.717, 1.165) is 54.8 Å². The molecule has 0 spiro atoms. The first-order valence-corrected chi connectivity index (χ1v) is 9.81. The first-order valence-electron chi connectivity index (χ1n) is 8.59. The number of halogens is 2. The molecule has 6 nitrogen and oxygen atoms in total. The number of nitrogens with one attached hydrogen (secondary N) is 1. The van der Waals surface area contributed by atoms with Crippen LogP contribution in [0.15, 0.2) is 44.9 Å². The van der Waals surface area contributed by atoms with Crippen LogP contribution in [0.25, 0.3) is 0 Å². The van der Waals surface area contributed by atoms with Crippen LogP contribution in [0.4, 0.5) is 4.39 Å². The van der Waals surface area contributed by atoms with Gasteiger partial charge in [0.1, 0.15) is 12.1 Å². The molecule has 1 N–H and O–H groups in total. The van der Waals surface area contributed by atoms with Crippen molar-refractivity contribution in [1.29, 1.82) is 0 Å². The van der Waals surface area contributed by atoms with Crippen LogP contribution in [-0.4, -0.2) is 60.4 Å². The maximum atomic E-state index is 13.5. The summed E-state index contributed by atoms with van der Waals surface area (Å²) in [5, 5.41) is 7.34. The Labute approximate surface area is 180 Å². The minimum Gasteiger partial charge on any atom is -0.364 e. The predicted molar refractivity (Wildman–Crippen MR) is 117 cm³/mol. The molecule has 1 aromatic heterocycles. The van der Waals surface area contributed by atoms with Gasteiger partial charge in [-0.3, -0.25) is 9.89 Å². The van der Waals surface area contributed by atoms with E-state index in [4.69, 9.17) is 4.52 Å². The minimum atomic E-state index is -0.212. The lowest BCUT2D eigenvalue weighted by Gasteiger charge is -2.36. The zero-order valence-corrected chi connectivity index (χ0v) is 18.7. The van der Waals surface area contributed by atoms with Crippen molar-refractivity contribution >= 4 is 41.7 Å². The normalized spacial score (nSPS) is 15.5. The molecule has 1 fully saturated rings. The van der Waals surface area contributed by atoms with Crippen molar-refractivity contribution in [3.63, 3.8) is 0 Å². The van der Waals surface area contributed by atoms with Crippen LogP contribution in [0.1, 0.15) is 11.3 Å². The van der Waals surface area contributed by atoms with Gasteiger partial charge in [0.15, 0.2) is 5.96 Å². The molecule has 1 aliphatic rings. The molecule has 148 valence electrons. The van der Waals surface area contributed by atoms with E-state index in [-0.39, 0.29) is 29.8 Å². The zero-order valence-electron chi connectivity index (χ0n) is 15.5. The van der Waals surface area contributed by atoms with Gasteiger partial charge in [0, 0.05) is 57.3 Å². The number of hydrogen-bond donors (Lipinski definition) is 1. The molecule has 9 heteroatoms. The Hall–Kier alpha value is -1.33. The van der Waals surface area contributed by atoms with E-state index in [1.165, 1.54) is 6.07 Å². The second kappa shape index (κ2) is 10.9. The maximum absolute atomic E-state index is 13.5. The molecule has 3 rings (SSSR count). The molecule has 0 bridgehead atoms. The van der Waals surface area contributed by atoms with Gasteiger partial charge in [0.25, 0.3) is 0 Å². The summed E-state index contributed by atoms with van der Waals surface area (Å²) >= 11 is 1.62. The molecule has 27 heavy (non-hydrogen) atoms. The van der Waals surface area contributed by atoms with Gasteiger partial charge in [-0.1, -0.05) is 5.16 Å². The third-order valence-corrected chi connectivity index (χ3v) is 5.28. The van der Waals surface area contributed by atoms with Gasteiger partial charge < -0.3 is 14.7 Å². The van der Waals surface area contributed by atoms with Crippen molar-refractivity contribution in [3.05, 3.63) is 47.6 Å². The van der Waals surface area contributed by atoms with Crippen LogP contribution in [0.3, 0.4) is 0 Å². The Morgan fingerprint density at radius 3 is 2.70 bits per heavy atom. The summed E-state index contributed by atoms with van der Waals surface area (Å²) < 4.78 is 18.4. The fraction of sp³-hybridized carbons (Fsp3) is 0.444. The Morgan fingerprint density at radius 2 is 2.07 bits per heavy atom. The molecule has 0 amide bonds. The van der Waals surface area contributed by atoms with E-state index in [2.05, 4.69) is 25.3 Å². The second-order valence-corrected chi connectivity index (χ2v) is 6.96. The molecule has 0 radical (unpaired) electrons. The van der Waals surface area contributed by atoms with E-state index in [9.17, 15) is 4.39 Å². The third-order valence-electron chi connectivity index (χ3n) is 4.44. The highest BCUT2D eigenvalue weighted by Crippen LogP contribution is 2.21. The molecule has 0 unspecified atom stereocenters. The number of aliphatic imine (C=N–C) groups is 1. The average Bonchev–Trinajstić information content (AvgIpc) is 3.17. The van der Waals surface area contributed by atoms with Crippen LogP contribution in [0.5, 0.6) is 0 Å². The first-order chi connectivity index (χ1) is 12.7. The van der Waals surface area contributed by atoms with Crippen LogP contribution >= 0.6 is 35.7 Å². The Bertz CT molecular complexity index is 735. The van der Waals surface area contributed by atoms with E-state index >= 15 is 0 Å². The van der Waals surface area contributed by atoms with Gasteiger partial charge in [0.05, 0.1) is 5.69 Å². The smallest absolute Gasteiger partial charge is 0.194 e. The molecular weight excluding hydrogens is 480 g/mol. The zero-order chi connectivity index (χ0) is 18.4. The van der Waals surface area contributed by atoms with E-state index < -0.39 is 0 Å². The highest BCUT2D eigenvalue weighted by molar-refractivity contribution is 14.0. The number of benzene rings is 1. The van der Waals surface area contributed by atoms with Gasteiger partial charge in [-0.05, 0) is 30.0 Å². The Kier molecular flexibility index (Phi) is 8.84. The number of nitrogens with zero attached hydrogens (tertiary/aromatic N) is 4. The largest absolute Gasteiger partial charge is 0.364 e. The van der Waals surface area contributed by atoms with Crippen molar-refractivity contribution in [2.75, 3.05) is 39.5 Å². The topological polar surface area (TPSA) is 56.9 Å². The fourth-order valence-electron chi connectivity index (χ4n) is 3.06. The number of aromatic nitrogens is 1. The lowest BCUT2D eigenvalue weighted by molar-refractivity contribution is 0.169. The van der Waals surface area contributed by atoms with Gasteiger partial charge in [-0.2, -0.15) is 0 Å². The SMILES string of the molecule is CN=C(NCc1cc(F)ccc1SC)N1CCN(Cc2ccon2)CC1.I. The molecule has 2 aromatic rings. The summed E-state index contributed by atoms with van der Waals surface area (Å²) in [4.78, 5) is 10.0. The van der Waals surface area contributed by atoms with Crippen molar-refractivity contribution in [2.45, 2.75) is 18.0 Å². The standard InChI is InChI=1S/C18H24FN5OS.HI/c1-20-18(21-12-14-11-15(19)3-4-17(14)26-2)24-8-6-23(7-9-24)13-16-5-10-25-22-16;/h3-5,10-11H,6-9,12-13H2,1-2H3,(H,20,21);1H. The van der Waals surface area contributed by atoms with Crippen molar-refractivity contribution in [3.8, 4) is 0 Å². The van der Waals surface area contributed by atoms with Crippen molar-refractivity contribution in [2.24, 2.45) is 4.99 Å². The van der Waals surface area contributed by atoms with Crippen molar-refractivity contribution < 1.29 is 8.91 Å². The van der Waals surface area contributed by atoms with Crippen LogP contribution in [0.2, 0.25) is 0 Å². The quantitative estimate of drug-likeness (QED) is 0.292. The average molecular weight is 505 g/mol. The van der Waals surface area contributed by atoms with Crippen molar-refractivity contribution in [1.82, 2.24) is 20.3 Å². The molecule has 1 aliphatic heterocycles. The Morgan fingerprint density at radius 1 is 1.30 bits per heavy atom. The van der Waals surface area contributed by atoms with Crippen LogP contribution < -0.4 is 5.32 Å². The molecule has 0 saturated carbocycles. The van der Waals surface area contributed by atoms with Crippen LogP contribution in [0, 0.1) is 5.82 Å². The lowest BCUT2D eigenvalue weighted by Crippen LogP contribution is -2.52. The summed E-state index contributed by atoms with van der Waals surface area (Å²) in [5.74, 6) is 0.637. The summed E-state index contributed by atoms with van der Waals surface area (Å²) in [6.45, 7) is 5.00. The molecule has 1 saturated heterocycles.